The molecular weight excluding hydrogens is 284 g/mol. The minimum atomic E-state index is -1.03. The summed E-state index contributed by atoms with van der Waals surface area (Å²) in [5.74, 6) is -0.612. The van der Waals surface area contributed by atoms with Crippen molar-refractivity contribution in [2.24, 2.45) is 0 Å². The predicted molar refractivity (Wildman–Crippen MR) is 76.9 cm³/mol. The Morgan fingerprint density at radius 1 is 1.14 bits per heavy atom. The summed E-state index contributed by atoms with van der Waals surface area (Å²) in [6.45, 7) is 0. The molecule has 0 bridgehead atoms. The van der Waals surface area contributed by atoms with Crippen LogP contribution in [0.3, 0.4) is 0 Å². The van der Waals surface area contributed by atoms with Crippen LogP contribution in [-0.4, -0.2) is 49.3 Å². The first-order chi connectivity index (χ1) is 10.7. The number of aromatic nitrogens is 3. The molecular formula is C15H16N4O3. The van der Waals surface area contributed by atoms with Crippen molar-refractivity contribution >= 4 is 5.91 Å². The van der Waals surface area contributed by atoms with Gasteiger partial charge in [-0.3, -0.25) is 14.8 Å². The van der Waals surface area contributed by atoms with E-state index in [0.29, 0.717) is 6.42 Å². The van der Waals surface area contributed by atoms with Gasteiger partial charge in [0, 0.05) is 30.7 Å². The molecule has 2 aromatic heterocycles. The molecule has 1 aliphatic rings. The monoisotopic (exact) mass is 300 g/mol. The molecule has 1 saturated carbocycles. The van der Waals surface area contributed by atoms with Gasteiger partial charge in [0.25, 0.3) is 5.91 Å². The number of carbonyl (C=O) groups is 1. The molecule has 0 aromatic carbocycles. The van der Waals surface area contributed by atoms with E-state index in [0.717, 1.165) is 5.56 Å². The molecule has 22 heavy (non-hydrogen) atoms. The number of nitrogens with zero attached hydrogens (tertiary/aromatic N) is 3. The standard InChI is InChI=1S/C15H16N4O3/c20-12-7-10(9-1-3-16-4-2-9)13(14(12)21)19-15(22)11-8-17-5-6-18-11/h1-6,8,10,12-14,20-21H,7H2,(H,19,22)/t10-,12-,13-,14-/m1/s1. The SMILES string of the molecule is O=C(N[C@H]1[C@H](O)[C@H](O)C[C@@H]1c1ccncc1)c1cnccn1. The van der Waals surface area contributed by atoms with Crippen molar-refractivity contribution in [3.8, 4) is 0 Å². The maximum Gasteiger partial charge on any atom is 0.271 e. The van der Waals surface area contributed by atoms with Crippen LogP contribution >= 0.6 is 0 Å². The van der Waals surface area contributed by atoms with E-state index in [9.17, 15) is 15.0 Å². The lowest BCUT2D eigenvalue weighted by Crippen LogP contribution is -2.45. The van der Waals surface area contributed by atoms with Gasteiger partial charge in [-0.05, 0) is 24.1 Å². The molecule has 1 aliphatic carbocycles. The molecule has 0 saturated heterocycles. The minimum Gasteiger partial charge on any atom is -0.390 e. The molecule has 4 atom stereocenters. The Kier molecular flexibility index (Phi) is 4.08. The molecule has 2 heterocycles. The summed E-state index contributed by atoms with van der Waals surface area (Å²) in [6.07, 6.45) is 6.01. The highest BCUT2D eigenvalue weighted by Gasteiger charge is 2.43. The van der Waals surface area contributed by atoms with Crippen LogP contribution in [-0.2, 0) is 0 Å². The van der Waals surface area contributed by atoms with Crippen LogP contribution < -0.4 is 5.32 Å². The molecule has 0 spiro atoms. The summed E-state index contributed by atoms with van der Waals surface area (Å²) in [4.78, 5) is 24.0. The summed E-state index contributed by atoms with van der Waals surface area (Å²) >= 11 is 0. The number of nitrogens with one attached hydrogen (secondary N) is 1. The molecule has 1 amide bonds. The Hall–Kier alpha value is -2.38. The average Bonchev–Trinajstić information content (AvgIpc) is 2.85. The van der Waals surface area contributed by atoms with Crippen LogP contribution in [0.25, 0.3) is 0 Å². The molecule has 7 nitrogen and oxygen atoms in total. The Morgan fingerprint density at radius 2 is 1.91 bits per heavy atom. The van der Waals surface area contributed by atoms with E-state index in [1.165, 1.54) is 18.6 Å². The molecule has 7 heteroatoms. The average molecular weight is 300 g/mol. The van der Waals surface area contributed by atoms with E-state index in [-0.39, 0.29) is 11.6 Å². The second-order valence-electron chi connectivity index (χ2n) is 5.27. The van der Waals surface area contributed by atoms with Gasteiger partial charge in [0.2, 0.25) is 0 Å². The van der Waals surface area contributed by atoms with Gasteiger partial charge in [-0.1, -0.05) is 0 Å². The third kappa shape index (κ3) is 2.81. The number of amides is 1. The number of carbonyl (C=O) groups excluding carboxylic acids is 1. The molecule has 0 unspecified atom stereocenters. The highest BCUT2D eigenvalue weighted by atomic mass is 16.3. The van der Waals surface area contributed by atoms with Crippen molar-refractivity contribution in [3.05, 3.63) is 54.4 Å². The van der Waals surface area contributed by atoms with Crippen LogP contribution in [0.5, 0.6) is 0 Å². The summed E-state index contributed by atoms with van der Waals surface area (Å²) in [6, 6.07) is 3.04. The first kappa shape index (κ1) is 14.6. The Bertz CT molecular complexity index is 638. The van der Waals surface area contributed by atoms with Gasteiger partial charge in [0.1, 0.15) is 11.8 Å². The fourth-order valence-electron chi connectivity index (χ4n) is 2.81. The van der Waals surface area contributed by atoms with E-state index in [4.69, 9.17) is 0 Å². The van der Waals surface area contributed by atoms with Crippen molar-refractivity contribution in [2.75, 3.05) is 0 Å². The van der Waals surface area contributed by atoms with Crippen LogP contribution in [0.1, 0.15) is 28.4 Å². The van der Waals surface area contributed by atoms with Crippen molar-refractivity contribution in [3.63, 3.8) is 0 Å². The lowest BCUT2D eigenvalue weighted by Gasteiger charge is -2.23. The van der Waals surface area contributed by atoms with E-state index < -0.39 is 24.2 Å². The smallest absolute Gasteiger partial charge is 0.271 e. The maximum absolute atomic E-state index is 12.2. The predicted octanol–water partition coefficient (Wildman–Crippen LogP) is -0.121. The zero-order valence-corrected chi connectivity index (χ0v) is 11.7. The molecule has 3 rings (SSSR count). The van der Waals surface area contributed by atoms with Gasteiger partial charge in [0.05, 0.1) is 18.3 Å². The molecule has 0 aliphatic heterocycles. The van der Waals surface area contributed by atoms with Gasteiger partial charge < -0.3 is 15.5 Å². The second-order valence-corrected chi connectivity index (χ2v) is 5.27. The lowest BCUT2D eigenvalue weighted by atomic mass is 9.94. The number of hydrogen-bond acceptors (Lipinski definition) is 6. The molecule has 3 N–H and O–H groups in total. The van der Waals surface area contributed by atoms with Gasteiger partial charge >= 0.3 is 0 Å². The highest BCUT2D eigenvalue weighted by Crippen LogP contribution is 2.35. The largest absolute Gasteiger partial charge is 0.390 e. The topological polar surface area (TPSA) is 108 Å². The number of aliphatic hydroxyl groups is 2. The van der Waals surface area contributed by atoms with E-state index in [1.54, 1.807) is 12.4 Å². The van der Waals surface area contributed by atoms with E-state index >= 15 is 0 Å². The lowest BCUT2D eigenvalue weighted by molar-refractivity contribution is 0.0294. The highest BCUT2D eigenvalue weighted by molar-refractivity contribution is 5.92. The number of hydrogen-bond donors (Lipinski definition) is 3. The first-order valence-corrected chi connectivity index (χ1v) is 6.99. The van der Waals surface area contributed by atoms with Crippen molar-refractivity contribution in [1.82, 2.24) is 20.3 Å². The van der Waals surface area contributed by atoms with E-state index in [2.05, 4.69) is 20.3 Å². The van der Waals surface area contributed by atoms with Crippen LogP contribution in [0.4, 0.5) is 0 Å². The second kappa shape index (κ2) is 6.17. The quantitative estimate of drug-likeness (QED) is 0.729. The number of aliphatic hydroxyl groups excluding tert-OH is 2. The van der Waals surface area contributed by atoms with Crippen molar-refractivity contribution in [1.29, 1.82) is 0 Å². The third-order valence-electron chi connectivity index (χ3n) is 3.92. The van der Waals surface area contributed by atoms with Gasteiger partial charge in [0.15, 0.2) is 0 Å². The van der Waals surface area contributed by atoms with E-state index in [1.807, 2.05) is 12.1 Å². The van der Waals surface area contributed by atoms with Gasteiger partial charge in [-0.2, -0.15) is 0 Å². The zero-order chi connectivity index (χ0) is 15.5. The normalized spacial score (nSPS) is 27.5. The van der Waals surface area contributed by atoms with Gasteiger partial charge in [-0.25, -0.2) is 4.98 Å². The third-order valence-corrected chi connectivity index (χ3v) is 3.92. The zero-order valence-electron chi connectivity index (χ0n) is 11.7. The molecule has 0 radical (unpaired) electrons. The summed E-state index contributed by atoms with van der Waals surface area (Å²) in [5, 5.41) is 22.9. The van der Waals surface area contributed by atoms with Crippen LogP contribution in [0, 0.1) is 0 Å². The van der Waals surface area contributed by atoms with Crippen LogP contribution in [0.2, 0.25) is 0 Å². The fourth-order valence-corrected chi connectivity index (χ4v) is 2.81. The summed E-state index contributed by atoms with van der Waals surface area (Å²) < 4.78 is 0. The molecule has 114 valence electrons. The molecule has 1 fully saturated rings. The van der Waals surface area contributed by atoms with Crippen LogP contribution in [0.15, 0.2) is 43.1 Å². The Morgan fingerprint density at radius 3 is 2.59 bits per heavy atom. The maximum atomic E-state index is 12.2. The van der Waals surface area contributed by atoms with Crippen molar-refractivity contribution < 1.29 is 15.0 Å². The first-order valence-electron chi connectivity index (χ1n) is 6.99. The summed E-state index contributed by atoms with van der Waals surface area (Å²) in [5.41, 5.74) is 1.08. The number of pyridine rings is 1. The summed E-state index contributed by atoms with van der Waals surface area (Å²) in [7, 11) is 0. The molecule has 2 aromatic rings. The fraction of sp³-hybridized carbons (Fsp3) is 0.333. The minimum absolute atomic E-state index is 0.171. The Balaban J connectivity index is 1.82. The van der Waals surface area contributed by atoms with Crippen molar-refractivity contribution in [2.45, 2.75) is 30.6 Å². The Labute approximate surface area is 127 Å². The number of rotatable bonds is 3. The van der Waals surface area contributed by atoms with Gasteiger partial charge in [-0.15, -0.1) is 0 Å².